The number of carbonyl (C=O) groups is 1. The number of nitrogens with one attached hydrogen (secondary N) is 1. The van der Waals surface area contributed by atoms with E-state index in [1.807, 2.05) is 12.1 Å². The van der Waals surface area contributed by atoms with Gasteiger partial charge in [0.05, 0.1) is 11.2 Å². The van der Waals surface area contributed by atoms with Crippen molar-refractivity contribution in [1.29, 1.82) is 0 Å². The number of likely N-dealkylation sites (tertiary alicyclic amines) is 1. The highest BCUT2D eigenvalue weighted by atomic mass is 32.2. The van der Waals surface area contributed by atoms with Gasteiger partial charge in [-0.25, -0.2) is 13.1 Å². The molecule has 0 radical (unpaired) electrons. The first-order valence-corrected chi connectivity index (χ1v) is 10.4. The van der Waals surface area contributed by atoms with Gasteiger partial charge in [-0.3, -0.25) is 4.79 Å². The number of benzene rings is 1. The lowest BCUT2D eigenvalue weighted by Gasteiger charge is -2.31. The molecule has 1 aromatic heterocycles. The van der Waals surface area contributed by atoms with Crippen LogP contribution in [0.5, 0.6) is 0 Å². The van der Waals surface area contributed by atoms with E-state index in [9.17, 15) is 13.2 Å². The van der Waals surface area contributed by atoms with Crippen LogP contribution in [0.25, 0.3) is 0 Å². The van der Waals surface area contributed by atoms with Crippen LogP contribution in [0, 0.1) is 0 Å². The number of rotatable bonds is 6. The standard InChI is InChI=1S/C19H24N2O4S/c1-2-4-15-6-8-17(9-7-15)26(23,24)20-16-10-12-21(13-11-16)19(22)18-5-3-14-25-18/h3,5-9,14,16,20H,2,4,10-13H2,1H3. The summed E-state index contributed by atoms with van der Waals surface area (Å²) in [5, 5.41) is 0. The van der Waals surface area contributed by atoms with Gasteiger partial charge in [0.2, 0.25) is 10.0 Å². The Balaban J connectivity index is 1.57. The lowest BCUT2D eigenvalue weighted by Crippen LogP contribution is -2.46. The zero-order valence-electron chi connectivity index (χ0n) is 14.8. The maximum Gasteiger partial charge on any atom is 0.289 e. The van der Waals surface area contributed by atoms with Crippen LogP contribution in [0.1, 0.15) is 42.3 Å². The third-order valence-electron chi connectivity index (χ3n) is 4.61. The van der Waals surface area contributed by atoms with Crippen molar-refractivity contribution in [1.82, 2.24) is 9.62 Å². The van der Waals surface area contributed by atoms with Crippen LogP contribution in [-0.2, 0) is 16.4 Å². The Hall–Kier alpha value is -2.12. The van der Waals surface area contributed by atoms with Gasteiger partial charge in [0.1, 0.15) is 0 Å². The van der Waals surface area contributed by atoms with Crippen LogP contribution in [0.4, 0.5) is 0 Å². The monoisotopic (exact) mass is 376 g/mol. The number of aryl methyl sites for hydroxylation is 1. The van der Waals surface area contributed by atoms with E-state index in [-0.39, 0.29) is 16.8 Å². The summed E-state index contributed by atoms with van der Waals surface area (Å²) in [6.07, 6.45) is 4.61. The third kappa shape index (κ3) is 4.34. The molecular weight excluding hydrogens is 352 g/mol. The number of furan rings is 1. The highest BCUT2D eigenvalue weighted by molar-refractivity contribution is 7.89. The molecule has 1 aromatic carbocycles. The summed E-state index contributed by atoms with van der Waals surface area (Å²) in [5.74, 6) is 0.166. The van der Waals surface area contributed by atoms with Crippen LogP contribution >= 0.6 is 0 Å². The van der Waals surface area contributed by atoms with Crippen LogP contribution in [-0.4, -0.2) is 38.4 Å². The van der Waals surface area contributed by atoms with Crippen molar-refractivity contribution in [2.75, 3.05) is 13.1 Å². The van der Waals surface area contributed by atoms with E-state index in [1.165, 1.54) is 6.26 Å². The average molecular weight is 376 g/mol. The molecule has 7 heteroatoms. The maximum absolute atomic E-state index is 12.6. The average Bonchev–Trinajstić information content (AvgIpc) is 3.17. The van der Waals surface area contributed by atoms with Gasteiger partial charge in [0.15, 0.2) is 5.76 Å². The molecule has 0 bridgehead atoms. The van der Waals surface area contributed by atoms with Gasteiger partial charge in [-0.1, -0.05) is 25.5 Å². The molecule has 1 N–H and O–H groups in total. The SMILES string of the molecule is CCCc1ccc(S(=O)(=O)NC2CCN(C(=O)c3ccco3)CC2)cc1. The van der Waals surface area contributed by atoms with Crippen LogP contribution in [0.3, 0.4) is 0 Å². The van der Waals surface area contributed by atoms with Gasteiger partial charge in [-0.15, -0.1) is 0 Å². The van der Waals surface area contributed by atoms with Gasteiger partial charge in [-0.2, -0.15) is 0 Å². The molecule has 2 aromatic rings. The number of sulfonamides is 1. The lowest BCUT2D eigenvalue weighted by molar-refractivity contribution is 0.0679. The zero-order valence-corrected chi connectivity index (χ0v) is 15.7. The smallest absolute Gasteiger partial charge is 0.289 e. The predicted molar refractivity (Wildman–Crippen MR) is 98.4 cm³/mol. The fourth-order valence-electron chi connectivity index (χ4n) is 3.17. The van der Waals surface area contributed by atoms with E-state index in [2.05, 4.69) is 11.6 Å². The van der Waals surface area contributed by atoms with Gasteiger partial charge >= 0.3 is 0 Å². The molecule has 2 heterocycles. The largest absolute Gasteiger partial charge is 0.459 e. The van der Waals surface area contributed by atoms with E-state index >= 15 is 0 Å². The molecule has 1 amide bonds. The molecule has 0 saturated carbocycles. The number of amides is 1. The molecule has 0 spiro atoms. The molecule has 0 unspecified atom stereocenters. The first-order valence-electron chi connectivity index (χ1n) is 8.93. The summed E-state index contributed by atoms with van der Waals surface area (Å²) in [5.41, 5.74) is 1.14. The maximum atomic E-state index is 12.6. The minimum atomic E-state index is -3.54. The number of piperidine rings is 1. The molecule has 6 nitrogen and oxygen atoms in total. The van der Waals surface area contributed by atoms with Crippen molar-refractivity contribution < 1.29 is 17.6 Å². The van der Waals surface area contributed by atoms with Gasteiger partial charge in [0, 0.05) is 19.1 Å². The summed E-state index contributed by atoms with van der Waals surface area (Å²) in [7, 11) is -3.54. The molecule has 3 rings (SSSR count). The number of hydrogen-bond acceptors (Lipinski definition) is 4. The Morgan fingerprint density at radius 3 is 2.46 bits per heavy atom. The zero-order chi connectivity index (χ0) is 18.6. The summed E-state index contributed by atoms with van der Waals surface area (Å²) in [6.45, 7) is 3.10. The third-order valence-corrected chi connectivity index (χ3v) is 6.14. The second kappa shape index (κ2) is 8.05. The minimum Gasteiger partial charge on any atom is -0.459 e. The lowest BCUT2D eigenvalue weighted by atomic mass is 10.1. The Morgan fingerprint density at radius 2 is 1.88 bits per heavy atom. The molecule has 1 aliphatic heterocycles. The van der Waals surface area contributed by atoms with Crippen molar-refractivity contribution >= 4 is 15.9 Å². The highest BCUT2D eigenvalue weighted by Gasteiger charge is 2.28. The summed E-state index contributed by atoms with van der Waals surface area (Å²) >= 11 is 0. The Labute approximate surface area is 154 Å². The van der Waals surface area contributed by atoms with E-state index in [4.69, 9.17) is 4.42 Å². The van der Waals surface area contributed by atoms with Crippen LogP contribution in [0.15, 0.2) is 52.0 Å². The number of carbonyl (C=O) groups excluding carboxylic acids is 1. The summed E-state index contributed by atoms with van der Waals surface area (Å²) < 4.78 is 33.0. The van der Waals surface area contributed by atoms with Crippen LogP contribution in [0.2, 0.25) is 0 Å². The van der Waals surface area contributed by atoms with Crippen molar-refractivity contribution in [3.8, 4) is 0 Å². The van der Waals surface area contributed by atoms with E-state index in [1.54, 1.807) is 29.2 Å². The molecular formula is C19H24N2O4S. The molecule has 0 atom stereocenters. The van der Waals surface area contributed by atoms with E-state index in [0.717, 1.165) is 18.4 Å². The normalized spacial score (nSPS) is 16.0. The Bertz CT molecular complexity index is 821. The molecule has 0 aliphatic carbocycles. The fourth-order valence-corrected chi connectivity index (χ4v) is 4.47. The van der Waals surface area contributed by atoms with Crippen molar-refractivity contribution in [3.05, 3.63) is 54.0 Å². The predicted octanol–water partition coefficient (Wildman–Crippen LogP) is 2.82. The first-order chi connectivity index (χ1) is 12.5. The van der Waals surface area contributed by atoms with Crippen molar-refractivity contribution in [3.63, 3.8) is 0 Å². The number of nitrogens with zero attached hydrogens (tertiary/aromatic N) is 1. The van der Waals surface area contributed by atoms with Gasteiger partial charge < -0.3 is 9.32 Å². The first kappa shape index (κ1) is 18.7. The molecule has 1 saturated heterocycles. The second-order valence-corrected chi connectivity index (χ2v) is 8.27. The summed E-state index contributed by atoms with van der Waals surface area (Å²) in [6, 6.07) is 10.2. The highest BCUT2D eigenvalue weighted by Crippen LogP contribution is 2.18. The Morgan fingerprint density at radius 1 is 1.19 bits per heavy atom. The van der Waals surface area contributed by atoms with Crippen molar-refractivity contribution in [2.45, 2.75) is 43.5 Å². The van der Waals surface area contributed by atoms with Gasteiger partial charge in [0.25, 0.3) is 5.91 Å². The fraction of sp³-hybridized carbons (Fsp3) is 0.421. The summed E-state index contributed by atoms with van der Waals surface area (Å²) in [4.78, 5) is 14.2. The Kier molecular flexibility index (Phi) is 5.78. The van der Waals surface area contributed by atoms with Crippen molar-refractivity contribution in [2.24, 2.45) is 0 Å². The molecule has 1 aliphatic rings. The van der Waals surface area contributed by atoms with Gasteiger partial charge in [-0.05, 0) is 49.1 Å². The minimum absolute atomic E-state index is 0.150. The molecule has 1 fully saturated rings. The topological polar surface area (TPSA) is 79.6 Å². The second-order valence-electron chi connectivity index (χ2n) is 6.56. The molecule has 140 valence electrons. The van der Waals surface area contributed by atoms with E-state index in [0.29, 0.717) is 31.7 Å². The quantitative estimate of drug-likeness (QED) is 0.841. The number of hydrogen-bond donors (Lipinski definition) is 1. The molecule has 26 heavy (non-hydrogen) atoms. The van der Waals surface area contributed by atoms with Crippen LogP contribution < -0.4 is 4.72 Å². The van der Waals surface area contributed by atoms with E-state index < -0.39 is 10.0 Å².